The van der Waals surface area contributed by atoms with E-state index in [1.54, 1.807) is 7.11 Å². The highest BCUT2D eigenvalue weighted by Crippen LogP contribution is 2.23. The molecule has 0 bridgehead atoms. The van der Waals surface area contributed by atoms with Gasteiger partial charge in [0.15, 0.2) is 0 Å². The number of hydrogen-bond donors (Lipinski definition) is 1. The predicted octanol–water partition coefficient (Wildman–Crippen LogP) is 3.38. The Hall–Kier alpha value is -2.08. The monoisotopic (exact) mass is 422 g/mol. The smallest absolute Gasteiger partial charge is 0.123 e. The first-order valence-corrected chi connectivity index (χ1v) is 11.8. The Bertz CT molecular complexity index is 816. The number of methoxy groups -OCH3 is 1. The highest BCUT2D eigenvalue weighted by molar-refractivity contribution is 5.48. The summed E-state index contributed by atoms with van der Waals surface area (Å²) in [4.78, 5) is 7.84. The maximum Gasteiger partial charge on any atom is 0.123 e. The van der Waals surface area contributed by atoms with E-state index < -0.39 is 0 Å². The van der Waals surface area contributed by atoms with Crippen LogP contribution in [0, 0.1) is 6.92 Å². The topological polar surface area (TPSA) is 31.0 Å². The summed E-state index contributed by atoms with van der Waals surface area (Å²) < 4.78 is 5.55. The maximum atomic E-state index is 5.55. The molecule has 168 valence electrons. The van der Waals surface area contributed by atoms with Gasteiger partial charge in [0, 0.05) is 75.7 Å². The van der Waals surface area contributed by atoms with E-state index in [0.29, 0.717) is 12.1 Å². The minimum atomic E-state index is 0.515. The lowest BCUT2D eigenvalue weighted by atomic mass is 9.99. The van der Waals surface area contributed by atoms with Crippen LogP contribution in [-0.2, 0) is 6.54 Å². The van der Waals surface area contributed by atoms with Gasteiger partial charge in [-0.15, -0.1) is 0 Å². The number of rotatable bonds is 7. The van der Waals surface area contributed by atoms with Crippen LogP contribution in [0.15, 0.2) is 48.5 Å². The van der Waals surface area contributed by atoms with E-state index in [1.165, 1.54) is 23.2 Å². The molecule has 0 spiro atoms. The van der Waals surface area contributed by atoms with Crippen molar-refractivity contribution in [3.8, 4) is 5.75 Å². The molecule has 5 heteroatoms. The first-order valence-electron chi connectivity index (χ1n) is 11.8. The Labute approximate surface area is 188 Å². The first-order chi connectivity index (χ1) is 15.2. The molecule has 2 fully saturated rings. The zero-order valence-corrected chi connectivity index (χ0v) is 19.4. The Balaban J connectivity index is 1.34. The van der Waals surface area contributed by atoms with Gasteiger partial charge in [0.2, 0.25) is 0 Å². The van der Waals surface area contributed by atoms with Gasteiger partial charge in [-0.2, -0.15) is 0 Å². The molecular formula is C26H38N4O. The van der Waals surface area contributed by atoms with Crippen LogP contribution in [0.5, 0.6) is 5.75 Å². The van der Waals surface area contributed by atoms with Gasteiger partial charge >= 0.3 is 0 Å². The predicted molar refractivity (Wildman–Crippen MR) is 129 cm³/mol. The van der Waals surface area contributed by atoms with Gasteiger partial charge in [-0.25, -0.2) is 0 Å². The number of aryl methyl sites for hydroxylation is 1. The highest BCUT2D eigenvalue weighted by atomic mass is 16.5. The van der Waals surface area contributed by atoms with Crippen LogP contribution in [0.1, 0.15) is 24.5 Å². The van der Waals surface area contributed by atoms with Crippen molar-refractivity contribution in [2.45, 2.75) is 38.9 Å². The quantitative estimate of drug-likeness (QED) is 0.739. The lowest BCUT2D eigenvalue weighted by Crippen LogP contribution is -2.62. The van der Waals surface area contributed by atoms with Crippen molar-refractivity contribution < 1.29 is 4.74 Å². The molecule has 1 N–H and O–H groups in total. The molecule has 31 heavy (non-hydrogen) atoms. The van der Waals surface area contributed by atoms with Crippen LogP contribution < -0.4 is 15.0 Å². The molecule has 0 radical (unpaired) electrons. The Morgan fingerprint density at radius 2 is 1.74 bits per heavy atom. The van der Waals surface area contributed by atoms with E-state index in [2.05, 4.69) is 76.3 Å². The number of benzene rings is 2. The molecule has 2 aromatic rings. The first kappa shape index (κ1) is 22.1. The lowest BCUT2D eigenvalue weighted by Gasteiger charge is -2.45. The zero-order chi connectivity index (χ0) is 21.6. The second-order valence-electron chi connectivity index (χ2n) is 8.94. The zero-order valence-electron chi connectivity index (χ0n) is 19.4. The molecule has 0 aromatic heterocycles. The van der Waals surface area contributed by atoms with Crippen molar-refractivity contribution in [2.24, 2.45) is 0 Å². The van der Waals surface area contributed by atoms with E-state index >= 15 is 0 Å². The third-order valence-corrected chi connectivity index (χ3v) is 6.95. The summed E-state index contributed by atoms with van der Waals surface area (Å²) in [6.07, 6.45) is 1.19. The van der Waals surface area contributed by atoms with Crippen molar-refractivity contribution in [3.63, 3.8) is 0 Å². The molecule has 2 aliphatic heterocycles. The van der Waals surface area contributed by atoms with E-state index in [0.717, 1.165) is 58.1 Å². The molecule has 2 unspecified atom stereocenters. The van der Waals surface area contributed by atoms with E-state index in [9.17, 15) is 0 Å². The highest BCUT2D eigenvalue weighted by Gasteiger charge is 2.32. The van der Waals surface area contributed by atoms with Crippen molar-refractivity contribution in [3.05, 3.63) is 59.7 Å². The summed E-state index contributed by atoms with van der Waals surface area (Å²) in [6.45, 7) is 13.2. The third-order valence-electron chi connectivity index (χ3n) is 6.95. The molecule has 5 nitrogen and oxygen atoms in total. The lowest BCUT2D eigenvalue weighted by molar-refractivity contribution is 0.0713. The second kappa shape index (κ2) is 10.5. The minimum Gasteiger partial charge on any atom is -0.496 e. The van der Waals surface area contributed by atoms with Gasteiger partial charge in [-0.3, -0.25) is 9.80 Å². The van der Waals surface area contributed by atoms with E-state index in [1.807, 2.05) is 6.07 Å². The number of ether oxygens (including phenoxy) is 1. The third kappa shape index (κ3) is 5.40. The molecule has 2 atom stereocenters. The van der Waals surface area contributed by atoms with Crippen LogP contribution in [0.2, 0.25) is 0 Å². The summed E-state index contributed by atoms with van der Waals surface area (Å²) in [6, 6.07) is 18.5. The summed E-state index contributed by atoms with van der Waals surface area (Å²) in [7, 11) is 1.76. The molecule has 0 saturated carbocycles. The van der Waals surface area contributed by atoms with Crippen molar-refractivity contribution >= 4 is 5.69 Å². The van der Waals surface area contributed by atoms with Crippen LogP contribution in [0.25, 0.3) is 0 Å². The number of para-hydroxylation sites is 1. The van der Waals surface area contributed by atoms with E-state index in [4.69, 9.17) is 4.74 Å². The Kier molecular flexibility index (Phi) is 7.49. The fourth-order valence-electron chi connectivity index (χ4n) is 5.15. The van der Waals surface area contributed by atoms with Crippen molar-refractivity contribution in [1.82, 2.24) is 15.1 Å². The summed E-state index contributed by atoms with van der Waals surface area (Å²) >= 11 is 0. The van der Waals surface area contributed by atoms with Gasteiger partial charge in [0.05, 0.1) is 7.11 Å². The second-order valence-corrected chi connectivity index (χ2v) is 8.94. The largest absolute Gasteiger partial charge is 0.496 e. The number of anilines is 1. The number of nitrogens with one attached hydrogen (secondary N) is 1. The van der Waals surface area contributed by atoms with E-state index in [-0.39, 0.29) is 0 Å². The minimum absolute atomic E-state index is 0.515. The van der Waals surface area contributed by atoms with Crippen LogP contribution >= 0.6 is 0 Å². The summed E-state index contributed by atoms with van der Waals surface area (Å²) in [5.74, 6) is 0.999. The van der Waals surface area contributed by atoms with Crippen molar-refractivity contribution in [1.29, 1.82) is 0 Å². The van der Waals surface area contributed by atoms with Crippen LogP contribution in [-0.4, -0.2) is 74.8 Å². The van der Waals surface area contributed by atoms with Crippen LogP contribution in [0.4, 0.5) is 5.69 Å². The van der Waals surface area contributed by atoms with Gasteiger partial charge in [0.1, 0.15) is 5.75 Å². The molecule has 0 amide bonds. The summed E-state index contributed by atoms with van der Waals surface area (Å²) in [5, 5.41) is 3.83. The van der Waals surface area contributed by atoms with Gasteiger partial charge in [-0.1, -0.05) is 42.8 Å². The van der Waals surface area contributed by atoms with Crippen molar-refractivity contribution in [2.75, 3.05) is 57.8 Å². The number of nitrogens with zero attached hydrogens (tertiary/aromatic N) is 3. The van der Waals surface area contributed by atoms with Gasteiger partial charge in [0.25, 0.3) is 0 Å². The molecule has 2 saturated heterocycles. The van der Waals surface area contributed by atoms with Crippen LogP contribution in [0.3, 0.4) is 0 Å². The normalized spacial score (nSPS) is 21.8. The number of piperazine rings is 2. The molecule has 2 aliphatic rings. The molecule has 2 heterocycles. The average molecular weight is 423 g/mol. The Morgan fingerprint density at radius 1 is 1.00 bits per heavy atom. The molecule has 4 rings (SSSR count). The maximum absolute atomic E-state index is 5.55. The fourth-order valence-corrected chi connectivity index (χ4v) is 5.15. The van der Waals surface area contributed by atoms with Gasteiger partial charge in [-0.05, 0) is 31.5 Å². The fraction of sp³-hybridized carbons (Fsp3) is 0.538. The SMILES string of the molecule is CCC(C1CN(c2ccc(C)cc2)CCN1)N1CCN(Cc2ccccc2OC)CC1. The molecular weight excluding hydrogens is 384 g/mol. The average Bonchev–Trinajstić information content (AvgIpc) is 2.82. The Morgan fingerprint density at radius 3 is 2.45 bits per heavy atom. The molecule has 0 aliphatic carbocycles. The standard InChI is InChI=1S/C26H38N4O/c1-4-25(24-20-30(14-13-27-24)23-11-9-21(2)10-12-23)29-17-15-28(16-18-29)19-22-7-5-6-8-26(22)31-3/h5-12,24-25,27H,4,13-20H2,1-3H3. The van der Waals surface area contributed by atoms with Gasteiger partial charge < -0.3 is 15.0 Å². The molecule has 2 aromatic carbocycles. The summed E-state index contributed by atoms with van der Waals surface area (Å²) in [5.41, 5.74) is 3.97. The number of hydrogen-bond acceptors (Lipinski definition) is 5.